The van der Waals surface area contributed by atoms with Gasteiger partial charge in [0.25, 0.3) is 0 Å². The van der Waals surface area contributed by atoms with Crippen molar-refractivity contribution in [2.75, 3.05) is 5.32 Å². The number of carbonyl (C=O) groups excluding carboxylic acids is 2. The third-order valence-corrected chi connectivity index (χ3v) is 4.56. The average molecular weight is 388 g/mol. The van der Waals surface area contributed by atoms with E-state index in [-0.39, 0.29) is 23.8 Å². The lowest BCUT2D eigenvalue weighted by molar-refractivity contribution is -0.117. The molecule has 2 aromatic rings. The fraction of sp³-hybridized carbons (Fsp3) is 0.222. The van der Waals surface area contributed by atoms with Crippen molar-refractivity contribution in [3.63, 3.8) is 0 Å². The summed E-state index contributed by atoms with van der Waals surface area (Å²) in [5.41, 5.74) is 8.53. The van der Waals surface area contributed by atoms with Gasteiger partial charge in [0, 0.05) is 21.8 Å². The molecule has 1 heterocycles. The summed E-state index contributed by atoms with van der Waals surface area (Å²) in [4.78, 5) is 23.8. The number of ketones is 1. The molecule has 1 aliphatic rings. The zero-order valence-corrected chi connectivity index (χ0v) is 14.8. The Morgan fingerprint density at radius 1 is 1.12 bits per heavy atom. The lowest BCUT2D eigenvalue weighted by Crippen LogP contribution is -2.39. The third kappa shape index (κ3) is 3.90. The molecule has 1 amide bonds. The van der Waals surface area contributed by atoms with Gasteiger partial charge in [-0.05, 0) is 43.2 Å². The number of halogens is 1. The van der Waals surface area contributed by atoms with Crippen LogP contribution in [0.3, 0.4) is 0 Å². The molecule has 0 aliphatic carbocycles. The topological polar surface area (TPSA) is 70.2 Å². The molecule has 0 aromatic heterocycles. The normalized spacial score (nSPS) is 19.9. The summed E-state index contributed by atoms with van der Waals surface area (Å²) in [6.45, 7) is 1.51. The van der Waals surface area contributed by atoms with Crippen LogP contribution < -0.4 is 16.2 Å². The molecule has 24 heavy (non-hydrogen) atoms. The van der Waals surface area contributed by atoms with Gasteiger partial charge in [-0.1, -0.05) is 40.2 Å². The lowest BCUT2D eigenvalue weighted by atomic mass is 10.0. The van der Waals surface area contributed by atoms with Gasteiger partial charge in [-0.2, -0.15) is 0 Å². The van der Waals surface area contributed by atoms with Crippen molar-refractivity contribution in [3.05, 3.63) is 64.1 Å². The predicted octanol–water partition coefficient (Wildman–Crippen LogP) is 3.20. The summed E-state index contributed by atoms with van der Waals surface area (Å²) in [5.74, 6) is -0.148. The van der Waals surface area contributed by atoms with E-state index in [0.29, 0.717) is 17.7 Å². The minimum absolute atomic E-state index is 0.0259. The minimum Gasteiger partial charge on any atom is -0.325 e. The van der Waals surface area contributed by atoms with Crippen LogP contribution in [-0.4, -0.2) is 17.7 Å². The zero-order chi connectivity index (χ0) is 17.1. The highest BCUT2D eigenvalue weighted by Crippen LogP contribution is 2.24. The highest BCUT2D eigenvalue weighted by atomic mass is 79.9. The van der Waals surface area contributed by atoms with Crippen LogP contribution in [0.5, 0.6) is 0 Å². The van der Waals surface area contributed by atoms with Crippen LogP contribution in [0.15, 0.2) is 53.0 Å². The molecule has 3 N–H and O–H groups in total. The van der Waals surface area contributed by atoms with E-state index in [9.17, 15) is 9.59 Å². The summed E-state index contributed by atoms with van der Waals surface area (Å²) >= 11 is 3.42. The van der Waals surface area contributed by atoms with E-state index in [0.717, 1.165) is 10.0 Å². The molecule has 0 bridgehead atoms. The van der Waals surface area contributed by atoms with Crippen LogP contribution in [0.2, 0.25) is 0 Å². The van der Waals surface area contributed by atoms with Gasteiger partial charge >= 0.3 is 0 Å². The quantitative estimate of drug-likeness (QED) is 0.704. The van der Waals surface area contributed by atoms with Gasteiger partial charge in [-0.3, -0.25) is 9.59 Å². The number of carbonyl (C=O) groups is 2. The second-order valence-corrected chi connectivity index (χ2v) is 6.72. The Hall–Kier alpha value is -2.02. The average Bonchev–Trinajstić information content (AvgIpc) is 3.06. The Morgan fingerprint density at radius 2 is 1.88 bits per heavy atom. The number of amides is 1. The zero-order valence-electron chi connectivity index (χ0n) is 13.2. The van der Waals surface area contributed by atoms with Crippen molar-refractivity contribution in [2.45, 2.75) is 25.4 Å². The van der Waals surface area contributed by atoms with Gasteiger partial charge in [-0.15, -0.1) is 0 Å². The number of hydrazine groups is 1. The van der Waals surface area contributed by atoms with Crippen LogP contribution in [0.4, 0.5) is 5.69 Å². The molecule has 3 rings (SSSR count). The van der Waals surface area contributed by atoms with Crippen molar-refractivity contribution >= 4 is 33.3 Å². The van der Waals surface area contributed by atoms with E-state index in [2.05, 4.69) is 32.1 Å². The largest absolute Gasteiger partial charge is 0.325 e. The number of benzene rings is 2. The van der Waals surface area contributed by atoms with Gasteiger partial charge < -0.3 is 5.32 Å². The van der Waals surface area contributed by atoms with E-state index < -0.39 is 0 Å². The van der Waals surface area contributed by atoms with E-state index in [1.54, 1.807) is 24.3 Å². The molecule has 0 saturated carbocycles. The number of rotatable bonds is 4. The Labute approximate surface area is 148 Å². The minimum atomic E-state index is -0.334. The molecule has 124 valence electrons. The Balaban J connectivity index is 1.63. The summed E-state index contributed by atoms with van der Waals surface area (Å²) in [5, 5.41) is 2.86. The molecular weight excluding hydrogens is 370 g/mol. The molecule has 2 unspecified atom stereocenters. The summed E-state index contributed by atoms with van der Waals surface area (Å²) < 4.78 is 1.02. The first-order valence-electron chi connectivity index (χ1n) is 7.71. The number of hydrogen-bond acceptors (Lipinski definition) is 4. The number of nitrogens with one attached hydrogen (secondary N) is 3. The molecular formula is C18H18BrN3O2. The number of Topliss-reactive ketones (excluding diaryl/α,β-unsaturated/α-hetero) is 1. The molecule has 5 nitrogen and oxygen atoms in total. The first kappa shape index (κ1) is 16.8. The molecule has 2 aromatic carbocycles. The Bertz CT molecular complexity index is 761. The highest BCUT2D eigenvalue weighted by Gasteiger charge is 2.30. The predicted molar refractivity (Wildman–Crippen MR) is 96.6 cm³/mol. The molecule has 0 spiro atoms. The standard InChI is InChI=1S/C18H18BrN3O2/c1-11(23)13-3-2-4-15(9-13)20-18(24)17-10-16(21-22-17)12-5-7-14(19)8-6-12/h2-9,16-17,21-22H,10H2,1H3,(H,20,24). The van der Waals surface area contributed by atoms with E-state index in [1.165, 1.54) is 6.92 Å². The summed E-state index contributed by atoms with van der Waals surface area (Å²) in [6, 6.07) is 14.7. The van der Waals surface area contributed by atoms with Crippen molar-refractivity contribution in [3.8, 4) is 0 Å². The maximum atomic E-state index is 12.4. The molecule has 1 aliphatic heterocycles. The molecule has 0 radical (unpaired) electrons. The Kier molecular flexibility index (Phi) is 5.08. The van der Waals surface area contributed by atoms with Crippen LogP contribution in [0, 0.1) is 0 Å². The molecule has 2 atom stereocenters. The fourth-order valence-corrected chi connectivity index (χ4v) is 2.95. The Morgan fingerprint density at radius 3 is 2.58 bits per heavy atom. The van der Waals surface area contributed by atoms with Gasteiger partial charge in [0.15, 0.2) is 5.78 Å². The van der Waals surface area contributed by atoms with E-state index in [4.69, 9.17) is 0 Å². The van der Waals surface area contributed by atoms with Crippen molar-refractivity contribution in [2.24, 2.45) is 0 Å². The highest BCUT2D eigenvalue weighted by molar-refractivity contribution is 9.10. The molecule has 1 saturated heterocycles. The number of hydrogen-bond donors (Lipinski definition) is 3. The summed E-state index contributed by atoms with van der Waals surface area (Å²) in [7, 11) is 0. The van der Waals surface area contributed by atoms with Crippen molar-refractivity contribution in [1.29, 1.82) is 0 Å². The maximum Gasteiger partial charge on any atom is 0.242 e. The van der Waals surface area contributed by atoms with Crippen LogP contribution in [0.1, 0.15) is 35.3 Å². The lowest BCUT2D eigenvalue weighted by Gasteiger charge is -2.11. The summed E-state index contributed by atoms with van der Waals surface area (Å²) in [6.07, 6.45) is 0.653. The van der Waals surface area contributed by atoms with Gasteiger partial charge in [-0.25, -0.2) is 10.9 Å². The van der Waals surface area contributed by atoms with Gasteiger partial charge in [0.2, 0.25) is 5.91 Å². The third-order valence-electron chi connectivity index (χ3n) is 4.03. The van der Waals surface area contributed by atoms with E-state index in [1.807, 2.05) is 24.3 Å². The van der Waals surface area contributed by atoms with Crippen LogP contribution >= 0.6 is 15.9 Å². The molecule has 1 fully saturated rings. The van der Waals surface area contributed by atoms with E-state index >= 15 is 0 Å². The smallest absolute Gasteiger partial charge is 0.242 e. The van der Waals surface area contributed by atoms with Crippen molar-refractivity contribution < 1.29 is 9.59 Å². The van der Waals surface area contributed by atoms with Gasteiger partial charge in [0.05, 0.1) is 0 Å². The molecule has 6 heteroatoms. The number of anilines is 1. The monoisotopic (exact) mass is 387 g/mol. The second kappa shape index (κ2) is 7.25. The van der Waals surface area contributed by atoms with Crippen LogP contribution in [-0.2, 0) is 4.79 Å². The first-order valence-corrected chi connectivity index (χ1v) is 8.50. The fourth-order valence-electron chi connectivity index (χ4n) is 2.69. The first-order chi connectivity index (χ1) is 11.5. The second-order valence-electron chi connectivity index (χ2n) is 5.81. The maximum absolute atomic E-state index is 12.4. The van der Waals surface area contributed by atoms with Crippen LogP contribution in [0.25, 0.3) is 0 Å². The van der Waals surface area contributed by atoms with Gasteiger partial charge in [0.1, 0.15) is 6.04 Å². The SMILES string of the molecule is CC(=O)c1cccc(NC(=O)C2CC(c3ccc(Br)cc3)NN2)c1. The van der Waals surface area contributed by atoms with Crippen molar-refractivity contribution in [1.82, 2.24) is 10.9 Å².